The average molecular weight is 763 g/mol. The van der Waals surface area contributed by atoms with Gasteiger partial charge in [0.25, 0.3) is 0 Å². The number of carbonyl (C=O) groups excluding carboxylic acids is 2. The lowest BCUT2D eigenvalue weighted by atomic mass is 9.52. The van der Waals surface area contributed by atoms with Gasteiger partial charge in [-0.15, -0.1) is 0 Å². The minimum absolute atomic E-state index is 0.00472. The molecular formula is C44H66N2O7Si. The Hall–Kier alpha value is -2.63. The molecule has 4 aliphatic rings. The molecule has 1 aliphatic heterocycles. The highest BCUT2D eigenvalue weighted by Gasteiger charge is 2.63. The monoisotopic (exact) mass is 762 g/mol. The van der Waals surface area contributed by atoms with Crippen LogP contribution in [0.25, 0.3) is 11.8 Å². The Labute approximate surface area is 324 Å². The van der Waals surface area contributed by atoms with E-state index in [0.29, 0.717) is 12.2 Å². The molecule has 54 heavy (non-hydrogen) atoms. The van der Waals surface area contributed by atoms with Crippen LogP contribution >= 0.6 is 0 Å². The molecule has 2 saturated carbocycles. The van der Waals surface area contributed by atoms with Crippen LogP contribution in [-0.2, 0) is 29.9 Å². The number of aliphatic hydroxyl groups is 1. The predicted molar refractivity (Wildman–Crippen MR) is 214 cm³/mol. The molecule has 9 nitrogen and oxygen atoms in total. The van der Waals surface area contributed by atoms with Gasteiger partial charge in [0.1, 0.15) is 5.75 Å². The van der Waals surface area contributed by atoms with Crippen LogP contribution in [0.1, 0.15) is 125 Å². The number of Topliss-reactive ketones (excluding diaryl/α,β-unsaturated/α-hetero) is 1. The molecule has 1 aromatic heterocycles. The highest BCUT2D eigenvalue weighted by atomic mass is 28.4. The molecule has 3 fully saturated rings. The number of hydrogen-bond acceptors (Lipinski definition) is 8. The van der Waals surface area contributed by atoms with E-state index in [2.05, 4.69) is 60.7 Å². The summed E-state index contributed by atoms with van der Waals surface area (Å²) in [4.78, 5) is 26.8. The summed E-state index contributed by atoms with van der Waals surface area (Å²) < 4.78 is 27.4. The molecule has 2 aromatic rings. The van der Waals surface area contributed by atoms with Crippen molar-refractivity contribution in [1.82, 2.24) is 9.78 Å². The molecule has 6 rings (SSSR count). The van der Waals surface area contributed by atoms with Crippen LogP contribution in [0, 0.1) is 28.6 Å². The molecule has 2 heterocycles. The van der Waals surface area contributed by atoms with Crippen LogP contribution in [0.3, 0.4) is 0 Å². The first-order valence-corrected chi connectivity index (χ1v) is 23.4. The third-order valence-corrected chi connectivity index (χ3v) is 18.0. The van der Waals surface area contributed by atoms with Gasteiger partial charge in [-0.3, -0.25) is 9.59 Å². The second kappa shape index (κ2) is 15.0. The van der Waals surface area contributed by atoms with E-state index in [1.54, 1.807) is 0 Å². The van der Waals surface area contributed by atoms with Crippen molar-refractivity contribution in [2.45, 2.75) is 162 Å². The lowest BCUT2D eigenvalue weighted by Crippen LogP contribution is -2.51. The Morgan fingerprint density at radius 2 is 1.80 bits per heavy atom. The van der Waals surface area contributed by atoms with Crippen LogP contribution in [0.15, 0.2) is 36.0 Å². The molecule has 1 saturated heterocycles. The number of nitrogens with zero attached hydrogens (tertiary/aromatic N) is 2. The van der Waals surface area contributed by atoms with Crippen molar-refractivity contribution in [2.75, 3.05) is 6.61 Å². The number of benzene rings is 1. The number of ether oxygens (including phenoxy) is 3. The highest BCUT2D eigenvalue weighted by Crippen LogP contribution is 2.60. The van der Waals surface area contributed by atoms with E-state index in [1.165, 1.54) is 5.57 Å². The third kappa shape index (κ3) is 7.59. The Morgan fingerprint density at radius 3 is 2.43 bits per heavy atom. The number of ketones is 1. The summed E-state index contributed by atoms with van der Waals surface area (Å²) in [5, 5.41) is 16.9. The van der Waals surface area contributed by atoms with Gasteiger partial charge in [-0.05, 0) is 143 Å². The second-order valence-corrected chi connectivity index (χ2v) is 24.3. The minimum atomic E-state index is -2.16. The molecule has 0 radical (unpaired) electrons. The van der Waals surface area contributed by atoms with Crippen molar-refractivity contribution in [3.05, 3.63) is 47.3 Å². The lowest BCUT2D eigenvalue weighted by molar-refractivity contribution is -0.151. The number of aliphatic hydroxyl groups excluding tert-OH is 1. The fraction of sp³-hybridized carbons (Fsp3) is 0.705. The molecule has 3 aliphatic carbocycles. The maximum atomic E-state index is 14.4. The van der Waals surface area contributed by atoms with Gasteiger partial charge in [0.2, 0.25) is 0 Å². The van der Waals surface area contributed by atoms with Crippen molar-refractivity contribution < 1.29 is 33.3 Å². The smallest absolute Gasteiger partial charge is 0.316 e. The quantitative estimate of drug-likeness (QED) is 0.130. The number of fused-ring (bicyclic) bond motifs is 3. The largest absolute Gasteiger partial charge is 0.426 e. The van der Waals surface area contributed by atoms with E-state index < -0.39 is 25.4 Å². The van der Waals surface area contributed by atoms with Gasteiger partial charge < -0.3 is 23.7 Å². The number of esters is 1. The van der Waals surface area contributed by atoms with Gasteiger partial charge in [0.05, 0.1) is 41.8 Å². The Morgan fingerprint density at radius 1 is 1.09 bits per heavy atom. The molecule has 298 valence electrons. The van der Waals surface area contributed by atoms with Gasteiger partial charge >= 0.3 is 5.97 Å². The predicted octanol–water partition coefficient (Wildman–Crippen LogP) is 9.24. The molecule has 1 unspecified atom stereocenters. The Kier molecular flexibility index (Phi) is 11.4. The molecule has 0 amide bonds. The van der Waals surface area contributed by atoms with Crippen LogP contribution in [0.4, 0.5) is 0 Å². The van der Waals surface area contributed by atoms with Gasteiger partial charge in [-0.2, -0.15) is 5.10 Å². The highest BCUT2D eigenvalue weighted by molar-refractivity contribution is 6.74. The van der Waals surface area contributed by atoms with E-state index in [4.69, 9.17) is 23.7 Å². The molecule has 0 bridgehead atoms. The van der Waals surface area contributed by atoms with Crippen LogP contribution in [-0.4, -0.2) is 65.7 Å². The van der Waals surface area contributed by atoms with Crippen molar-refractivity contribution in [3.8, 4) is 11.4 Å². The fourth-order valence-electron chi connectivity index (χ4n) is 9.46. The molecule has 10 heteroatoms. The van der Waals surface area contributed by atoms with Gasteiger partial charge in [-0.1, -0.05) is 60.0 Å². The van der Waals surface area contributed by atoms with Crippen molar-refractivity contribution in [3.63, 3.8) is 0 Å². The summed E-state index contributed by atoms with van der Waals surface area (Å²) in [5.74, 6) is 0.654. The topological polar surface area (TPSA) is 109 Å². The molecular weight excluding hydrogens is 697 g/mol. The van der Waals surface area contributed by atoms with Crippen LogP contribution in [0.5, 0.6) is 5.75 Å². The minimum Gasteiger partial charge on any atom is -0.426 e. The lowest BCUT2D eigenvalue weighted by Gasteiger charge is -2.53. The van der Waals surface area contributed by atoms with Gasteiger partial charge in [0, 0.05) is 0 Å². The standard InChI is InChI=1S/C44H66N2O7Si/c1-12-14-35(47)39-33(28-22-37-44(25-28,53-38(52-37)15-13-2)36(48)27-50-54(10,11)42(6,7)8)21-16-30-23-34-29(24-43(30,39)9)26-45-46(34)31-17-19-32(20-18-31)51-40(49)41(3,4)5/h17-20,23,26,28,33,35,37-39,47H,12-16,21-22,24-25,27H2,1-11H3/t28-,33+,35+,37-,38?,39-,43+,44-/m1/s1. The second-order valence-electron chi connectivity index (χ2n) is 19.5. The number of rotatable bonds is 12. The average Bonchev–Trinajstić information content (AvgIpc) is 3.76. The van der Waals surface area contributed by atoms with Crippen molar-refractivity contribution in [1.29, 1.82) is 0 Å². The van der Waals surface area contributed by atoms with Gasteiger partial charge in [0.15, 0.2) is 26.0 Å². The Balaban J connectivity index is 1.26. The molecule has 8 atom stereocenters. The number of aromatic nitrogens is 2. The number of allylic oxidation sites excluding steroid dienone is 1. The maximum Gasteiger partial charge on any atom is 0.316 e. The van der Waals surface area contributed by atoms with E-state index in [0.717, 1.165) is 68.3 Å². The van der Waals surface area contributed by atoms with E-state index in [-0.39, 0.29) is 59.0 Å². The summed E-state index contributed by atoms with van der Waals surface area (Å²) in [6, 6.07) is 7.52. The molecule has 1 N–H and O–H groups in total. The van der Waals surface area contributed by atoms with Crippen LogP contribution in [0.2, 0.25) is 18.1 Å². The number of hydrogen-bond donors (Lipinski definition) is 1. The van der Waals surface area contributed by atoms with Crippen molar-refractivity contribution >= 4 is 26.1 Å². The fourth-order valence-corrected chi connectivity index (χ4v) is 10.4. The summed E-state index contributed by atoms with van der Waals surface area (Å²) in [7, 11) is -2.16. The SMILES string of the molecule is CCCC1O[C@@H]2C[C@@H]([C@@H]3CCC4=Cc5c(cnn5-c5ccc(OC(=O)C(C)(C)C)cc5)C[C@]4(C)[C@H]3[C@@H](O)CCC)C[C@]2(C(=O)CO[Si](C)(C)C(C)(C)C)O1. The van der Waals surface area contributed by atoms with E-state index in [9.17, 15) is 14.7 Å². The van der Waals surface area contributed by atoms with Gasteiger partial charge in [-0.25, -0.2) is 4.68 Å². The first-order valence-electron chi connectivity index (χ1n) is 20.5. The van der Waals surface area contributed by atoms with Crippen molar-refractivity contribution in [2.24, 2.45) is 28.6 Å². The maximum absolute atomic E-state index is 14.4. The summed E-state index contributed by atoms with van der Waals surface area (Å²) in [5.41, 5.74) is 2.61. The zero-order valence-electron chi connectivity index (χ0n) is 34.8. The zero-order valence-corrected chi connectivity index (χ0v) is 35.8. The molecule has 1 aromatic carbocycles. The third-order valence-electron chi connectivity index (χ3n) is 13.6. The normalized spacial score (nSPS) is 30.3. The van der Waals surface area contributed by atoms with E-state index >= 15 is 0 Å². The summed E-state index contributed by atoms with van der Waals surface area (Å²) in [6.45, 7) is 23.2. The Bertz CT molecular complexity index is 1720. The summed E-state index contributed by atoms with van der Waals surface area (Å²) in [6.07, 6.45) is 10.4. The first kappa shape index (κ1) is 41.0. The zero-order chi connectivity index (χ0) is 39.4. The first-order chi connectivity index (χ1) is 25.2. The van der Waals surface area contributed by atoms with E-state index in [1.807, 2.05) is 55.9 Å². The van der Waals surface area contributed by atoms with Crippen LogP contribution < -0.4 is 4.74 Å². The summed E-state index contributed by atoms with van der Waals surface area (Å²) >= 11 is 0. The number of carbonyl (C=O) groups is 2. The molecule has 0 spiro atoms.